The summed E-state index contributed by atoms with van der Waals surface area (Å²) in [7, 11) is 0. The second kappa shape index (κ2) is 8.15. The Balaban J connectivity index is 1.66. The summed E-state index contributed by atoms with van der Waals surface area (Å²) < 4.78 is 0. The van der Waals surface area contributed by atoms with Gasteiger partial charge in [0.15, 0.2) is 0 Å². The summed E-state index contributed by atoms with van der Waals surface area (Å²) in [5.41, 5.74) is 9.14. The second-order valence-corrected chi connectivity index (χ2v) is 6.74. The van der Waals surface area contributed by atoms with Gasteiger partial charge in [0.2, 0.25) is 5.91 Å². The Morgan fingerprint density at radius 1 is 1.15 bits per heavy atom. The van der Waals surface area contributed by atoms with Crippen molar-refractivity contribution in [3.63, 3.8) is 0 Å². The standard InChI is InChI=1S/C21H25N3O2/c1-2-15-8-10-17(11-9-15)21(26)23-18-6-3-5-16(13-18)14-24-12-4-7-19(24)20(22)25/h3,5-6,8-11,13,19H,2,4,7,12,14H2,1H3,(H2,22,25)(H,23,26). The fourth-order valence-electron chi connectivity index (χ4n) is 3.41. The van der Waals surface area contributed by atoms with E-state index in [1.165, 1.54) is 5.56 Å². The molecule has 2 amide bonds. The molecule has 1 saturated heterocycles. The number of likely N-dealkylation sites (tertiary alicyclic amines) is 1. The molecule has 0 saturated carbocycles. The molecule has 0 spiro atoms. The molecule has 1 atom stereocenters. The van der Waals surface area contributed by atoms with Gasteiger partial charge in [-0.05, 0) is 61.2 Å². The zero-order chi connectivity index (χ0) is 18.5. The predicted molar refractivity (Wildman–Crippen MR) is 103 cm³/mol. The van der Waals surface area contributed by atoms with E-state index in [4.69, 9.17) is 5.73 Å². The first kappa shape index (κ1) is 18.1. The number of hydrogen-bond acceptors (Lipinski definition) is 3. The Bertz CT molecular complexity index is 786. The van der Waals surface area contributed by atoms with Crippen LogP contribution in [0, 0.1) is 0 Å². The number of aryl methyl sites for hydroxylation is 1. The van der Waals surface area contributed by atoms with Crippen LogP contribution in [-0.2, 0) is 17.8 Å². The van der Waals surface area contributed by atoms with Crippen molar-refractivity contribution in [3.05, 3.63) is 65.2 Å². The topological polar surface area (TPSA) is 75.4 Å². The first-order valence-electron chi connectivity index (χ1n) is 9.09. The highest BCUT2D eigenvalue weighted by Crippen LogP contribution is 2.21. The van der Waals surface area contributed by atoms with Gasteiger partial charge in [0.25, 0.3) is 5.91 Å². The molecule has 5 nitrogen and oxygen atoms in total. The Kier molecular flexibility index (Phi) is 5.68. The van der Waals surface area contributed by atoms with Crippen LogP contribution in [0.5, 0.6) is 0 Å². The smallest absolute Gasteiger partial charge is 0.255 e. The number of anilines is 1. The number of amides is 2. The summed E-state index contributed by atoms with van der Waals surface area (Å²) in [5.74, 6) is -0.386. The third-order valence-corrected chi connectivity index (χ3v) is 4.89. The van der Waals surface area contributed by atoms with Crippen LogP contribution < -0.4 is 11.1 Å². The second-order valence-electron chi connectivity index (χ2n) is 6.74. The Labute approximate surface area is 154 Å². The first-order valence-corrected chi connectivity index (χ1v) is 9.09. The lowest BCUT2D eigenvalue weighted by Crippen LogP contribution is -2.39. The van der Waals surface area contributed by atoms with Gasteiger partial charge in [-0.3, -0.25) is 14.5 Å². The average Bonchev–Trinajstić information content (AvgIpc) is 3.10. The van der Waals surface area contributed by atoms with Crippen LogP contribution >= 0.6 is 0 Å². The largest absolute Gasteiger partial charge is 0.368 e. The summed E-state index contributed by atoms with van der Waals surface area (Å²) in [5, 5.41) is 2.95. The highest BCUT2D eigenvalue weighted by molar-refractivity contribution is 6.04. The van der Waals surface area contributed by atoms with E-state index in [1.54, 1.807) is 0 Å². The number of nitrogens with one attached hydrogen (secondary N) is 1. The van der Waals surface area contributed by atoms with E-state index in [-0.39, 0.29) is 17.9 Å². The van der Waals surface area contributed by atoms with Crippen molar-refractivity contribution >= 4 is 17.5 Å². The van der Waals surface area contributed by atoms with Gasteiger partial charge in [0.1, 0.15) is 0 Å². The molecule has 3 rings (SSSR count). The summed E-state index contributed by atoms with van der Waals surface area (Å²) >= 11 is 0. The van der Waals surface area contributed by atoms with Gasteiger partial charge in [0.05, 0.1) is 6.04 Å². The molecule has 1 unspecified atom stereocenters. The van der Waals surface area contributed by atoms with Crippen molar-refractivity contribution in [1.29, 1.82) is 0 Å². The lowest BCUT2D eigenvalue weighted by molar-refractivity contribution is -0.122. The zero-order valence-corrected chi connectivity index (χ0v) is 15.1. The molecule has 0 aromatic heterocycles. The molecule has 2 aromatic carbocycles. The van der Waals surface area contributed by atoms with Crippen LogP contribution in [0.1, 0.15) is 41.3 Å². The van der Waals surface area contributed by atoms with Gasteiger partial charge in [-0.15, -0.1) is 0 Å². The normalized spacial score (nSPS) is 17.2. The van der Waals surface area contributed by atoms with Gasteiger partial charge in [-0.1, -0.05) is 31.2 Å². The maximum atomic E-state index is 12.4. The maximum Gasteiger partial charge on any atom is 0.255 e. The molecule has 2 aromatic rings. The van der Waals surface area contributed by atoms with Gasteiger partial charge < -0.3 is 11.1 Å². The van der Waals surface area contributed by atoms with Gasteiger partial charge in [0, 0.05) is 17.8 Å². The van der Waals surface area contributed by atoms with Crippen LogP contribution in [-0.4, -0.2) is 29.3 Å². The monoisotopic (exact) mass is 351 g/mol. The minimum atomic E-state index is -0.262. The van der Waals surface area contributed by atoms with Crippen molar-refractivity contribution in [2.75, 3.05) is 11.9 Å². The van der Waals surface area contributed by atoms with Crippen LogP contribution in [0.4, 0.5) is 5.69 Å². The summed E-state index contributed by atoms with van der Waals surface area (Å²) in [6.07, 6.45) is 2.75. The van der Waals surface area contributed by atoms with Crippen molar-refractivity contribution in [2.24, 2.45) is 5.73 Å². The third kappa shape index (κ3) is 4.29. The number of hydrogen-bond donors (Lipinski definition) is 2. The molecule has 0 radical (unpaired) electrons. The molecule has 1 aliphatic rings. The van der Waals surface area contributed by atoms with Crippen LogP contribution in [0.3, 0.4) is 0 Å². The van der Waals surface area contributed by atoms with Crippen molar-refractivity contribution in [1.82, 2.24) is 4.90 Å². The lowest BCUT2D eigenvalue weighted by Gasteiger charge is -2.22. The Morgan fingerprint density at radius 3 is 2.62 bits per heavy atom. The van der Waals surface area contributed by atoms with Crippen LogP contribution in [0.25, 0.3) is 0 Å². The molecule has 1 heterocycles. The predicted octanol–water partition coefficient (Wildman–Crippen LogP) is 2.95. The molecular weight excluding hydrogens is 326 g/mol. The number of primary amides is 1. The highest BCUT2D eigenvalue weighted by Gasteiger charge is 2.28. The Morgan fingerprint density at radius 2 is 1.92 bits per heavy atom. The van der Waals surface area contributed by atoms with E-state index < -0.39 is 0 Å². The van der Waals surface area contributed by atoms with E-state index in [2.05, 4.69) is 17.1 Å². The van der Waals surface area contributed by atoms with Crippen molar-refractivity contribution < 1.29 is 9.59 Å². The van der Waals surface area contributed by atoms with E-state index in [0.717, 1.165) is 37.1 Å². The molecule has 0 aliphatic carbocycles. The molecule has 1 aliphatic heterocycles. The summed E-state index contributed by atoms with van der Waals surface area (Å²) in [6.45, 7) is 3.61. The number of nitrogens with two attached hydrogens (primary N) is 1. The minimum Gasteiger partial charge on any atom is -0.368 e. The number of carbonyl (C=O) groups excluding carboxylic acids is 2. The number of benzene rings is 2. The molecular formula is C21H25N3O2. The average molecular weight is 351 g/mol. The zero-order valence-electron chi connectivity index (χ0n) is 15.1. The van der Waals surface area contributed by atoms with Crippen LogP contribution in [0.15, 0.2) is 48.5 Å². The Hall–Kier alpha value is -2.66. The van der Waals surface area contributed by atoms with Gasteiger partial charge in [-0.25, -0.2) is 0 Å². The van der Waals surface area contributed by atoms with E-state index in [9.17, 15) is 9.59 Å². The fraction of sp³-hybridized carbons (Fsp3) is 0.333. The molecule has 0 bridgehead atoms. The molecule has 5 heteroatoms. The molecule has 1 fully saturated rings. The van der Waals surface area contributed by atoms with Crippen molar-refractivity contribution in [2.45, 2.75) is 38.8 Å². The van der Waals surface area contributed by atoms with E-state index in [1.807, 2.05) is 48.5 Å². The molecule has 136 valence electrons. The first-order chi connectivity index (χ1) is 12.6. The third-order valence-electron chi connectivity index (χ3n) is 4.89. The maximum absolute atomic E-state index is 12.4. The van der Waals surface area contributed by atoms with Gasteiger partial charge in [-0.2, -0.15) is 0 Å². The lowest BCUT2D eigenvalue weighted by atomic mass is 10.1. The highest BCUT2D eigenvalue weighted by atomic mass is 16.2. The molecule has 26 heavy (non-hydrogen) atoms. The van der Waals surface area contributed by atoms with Crippen molar-refractivity contribution in [3.8, 4) is 0 Å². The van der Waals surface area contributed by atoms with E-state index in [0.29, 0.717) is 12.1 Å². The number of carbonyl (C=O) groups is 2. The quantitative estimate of drug-likeness (QED) is 0.840. The van der Waals surface area contributed by atoms with Gasteiger partial charge >= 0.3 is 0 Å². The number of nitrogens with zero attached hydrogens (tertiary/aromatic N) is 1. The number of rotatable bonds is 6. The molecule has 3 N–H and O–H groups in total. The minimum absolute atomic E-state index is 0.124. The van der Waals surface area contributed by atoms with Crippen LogP contribution in [0.2, 0.25) is 0 Å². The SMILES string of the molecule is CCc1ccc(C(=O)Nc2cccc(CN3CCCC3C(N)=O)c2)cc1. The fourth-order valence-corrected chi connectivity index (χ4v) is 3.41. The van der Waals surface area contributed by atoms with E-state index >= 15 is 0 Å². The summed E-state index contributed by atoms with van der Waals surface area (Å²) in [6, 6.07) is 15.2. The summed E-state index contributed by atoms with van der Waals surface area (Å²) in [4.78, 5) is 26.1.